The molecule has 7 heteroatoms. The number of hydrogen-bond acceptors (Lipinski definition) is 6. The van der Waals surface area contributed by atoms with E-state index in [0.29, 0.717) is 24.0 Å². The van der Waals surface area contributed by atoms with E-state index in [9.17, 15) is 9.18 Å². The average Bonchev–Trinajstić information content (AvgIpc) is 3.41. The highest BCUT2D eigenvalue weighted by Crippen LogP contribution is 2.55. The van der Waals surface area contributed by atoms with Crippen molar-refractivity contribution in [2.24, 2.45) is 15.9 Å². The summed E-state index contributed by atoms with van der Waals surface area (Å²) in [5, 5.41) is 6.47. The lowest BCUT2D eigenvalue weighted by Crippen LogP contribution is -2.44. The molecule has 0 radical (unpaired) electrons. The molecule has 2 aliphatic carbocycles. The van der Waals surface area contributed by atoms with E-state index in [-0.39, 0.29) is 23.1 Å². The van der Waals surface area contributed by atoms with Crippen molar-refractivity contribution in [1.82, 2.24) is 10.6 Å². The number of carbonyl (C=O) groups excluding carboxylic acids is 1. The van der Waals surface area contributed by atoms with Gasteiger partial charge in [-0.3, -0.25) is 10.1 Å². The second-order valence-electron chi connectivity index (χ2n) is 8.35. The van der Waals surface area contributed by atoms with Crippen LogP contribution in [0.2, 0.25) is 0 Å². The van der Waals surface area contributed by atoms with E-state index in [1.807, 2.05) is 19.1 Å². The molecule has 1 fully saturated rings. The molecule has 0 amide bonds. The van der Waals surface area contributed by atoms with Gasteiger partial charge in [0, 0.05) is 23.6 Å². The number of ketones is 1. The van der Waals surface area contributed by atoms with E-state index in [4.69, 9.17) is 14.7 Å². The largest absolute Gasteiger partial charge is 0.428 e. The molecule has 2 N–H and O–H groups in total. The van der Waals surface area contributed by atoms with Gasteiger partial charge in [0.05, 0.1) is 0 Å². The number of guanidine groups is 1. The minimum absolute atomic E-state index is 0.0912. The highest BCUT2D eigenvalue weighted by atomic mass is 19.1. The van der Waals surface area contributed by atoms with Gasteiger partial charge in [-0.15, -0.1) is 6.58 Å². The van der Waals surface area contributed by atoms with Crippen molar-refractivity contribution in [3.63, 3.8) is 0 Å². The van der Waals surface area contributed by atoms with Crippen LogP contribution in [0.4, 0.5) is 4.39 Å². The summed E-state index contributed by atoms with van der Waals surface area (Å²) in [5.74, 6) is 1.33. The summed E-state index contributed by atoms with van der Waals surface area (Å²) in [5.41, 5.74) is 1.96. The van der Waals surface area contributed by atoms with Gasteiger partial charge < -0.3 is 10.1 Å². The molecule has 6 nitrogen and oxygen atoms in total. The van der Waals surface area contributed by atoms with Crippen LogP contribution in [0.5, 0.6) is 0 Å². The van der Waals surface area contributed by atoms with Crippen molar-refractivity contribution < 1.29 is 13.9 Å². The average molecular weight is 420 g/mol. The predicted octanol–water partition coefficient (Wildman–Crippen LogP) is 4.05. The van der Waals surface area contributed by atoms with Gasteiger partial charge in [0.1, 0.15) is 23.2 Å². The maximum Gasteiger partial charge on any atom is 0.297 e. The van der Waals surface area contributed by atoms with E-state index < -0.39 is 6.04 Å². The third-order valence-electron chi connectivity index (χ3n) is 6.38. The highest BCUT2D eigenvalue weighted by Gasteiger charge is 2.60. The number of nitrogens with zero attached hydrogens (tertiary/aromatic N) is 2. The molecule has 4 aliphatic rings. The minimum atomic E-state index is -0.496. The third-order valence-corrected chi connectivity index (χ3v) is 6.38. The van der Waals surface area contributed by atoms with Gasteiger partial charge in [-0.1, -0.05) is 18.2 Å². The first kappa shape index (κ1) is 19.7. The van der Waals surface area contributed by atoms with E-state index >= 15 is 0 Å². The molecule has 1 spiro atoms. The topological polar surface area (TPSA) is 75.1 Å². The SMILES string of the molecule is C=CC1CC12N=C(NC1=NC(c3ccc(F)cc3)C3=C(CCCCC3=O)N1)O/C2=C/C. The molecule has 3 unspecified atom stereocenters. The first-order chi connectivity index (χ1) is 15.0. The van der Waals surface area contributed by atoms with Crippen LogP contribution in [0.3, 0.4) is 0 Å². The quantitative estimate of drug-likeness (QED) is 0.708. The number of hydrogen-bond donors (Lipinski definition) is 2. The molecule has 5 rings (SSSR count). The Morgan fingerprint density at radius 1 is 1.29 bits per heavy atom. The molecule has 160 valence electrons. The normalized spacial score (nSPS) is 30.8. The number of allylic oxidation sites excluding steroid dienone is 2. The van der Waals surface area contributed by atoms with Crippen LogP contribution < -0.4 is 10.6 Å². The van der Waals surface area contributed by atoms with Crippen LogP contribution in [0, 0.1) is 11.7 Å². The summed E-state index contributed by atoms with van der Waals surface area (Å²) in [4.78, 5) is 22.4. The Labute approximate surface area is 180 Å². The van der Waals surface area contributed by atoms with E-state index in [0.717, 1.165) is 42.7 Å². The van der Waals surface area contributed by atoms with Crippen molar-refractivity contribution in [2.75, 3.05) is 0 Å². The Morgan fingerprint density at radius 3 is 2.77 bits per heavy atom. The Balaban J connectivity index is 1.47. The van der Waals surface area contributed by atoms with Crippen LogP contribution in [0.15, 0.2) is 70.0 Å². The smallest absolute Gasteiger partial charge is 0.297 e. The van der Waals surface area contributed by atoms with Gasteiger partial charge in [0.2, 0.25) is 5.96 Å². The van der Waals surface area contributed by atoms with Crippen molar-refractivity contribution in [2.45, 2.75) is 50.6 Å². The van der Waals surface area contributed by atoms with Crippen molar-refractivity contribution in [3.8, 4) is 0 Å². The Bertz CT molecular complexity index is 1070. The van der Waals surface area contributed by atoms with Crippen LogP contribution >= 0.6 is 0 Å². The fraction of sp³-hybridized carbons (Fsp3) is 0.375. The molecule has 3 atom stereocenters. The second-order valence-corrected chi connectivity index (χ2v) is 8.35. The zero-order chi connectivity index (χ0) is 21.6. The number of amidine groups is 1. The molecule has 2 aliphatic heterocycles. The Hall–Kier alpha value is -3.22. The number of rotatable bonds is 2. The van der Waals surface area contributed by atoms with Gasteiger partial charge >= 0.3 is 0 Å². The van der Waals surface area contributed by atoms with Gasteiger partial charge in [0.25, 0.3) is 6.02 Å². The summed E-state index contributed by atoms with van der Waals surface area (Å²) in [7, 11) is 0. The van der Waals surface area contributed by atoms with Crippen molar-refractivity contribution in [3.05, 3.63) is 71.4 Å². The number of ether oxygens (including phenoxy) is 1. The second kappa shape index (κ2) is 7.48. The van der Waals surface area contributed by atoms with Crippen molar-refractivity contribution in [1.29, 1.82) is 0 Å². The number of Topliss-reactive ketones (excluding diaryl/α,β-unsaturated/α-hetero) is 1. The van der Waals surface area contributed by atoms with Gasteiger partial charge in [-0.25, -0.2) is 14.4 Å². The summed E-state index contributed by atoms with van der Waals surface area (Å²) in [6.45, 7) is 5.82. The number of halogens is 1. The lowest BCUT2D eigenvalue weighted by atomic mass is 9.92. The molecule has 0 aromatic heterocycles. The van der Waals surface area contributed by atoms with Gasteiger partial charge in [-0.05, 0) is 56.4 Å². The van der Waals surface area contributed by atoms with Gasteiger partial charge in [-0.2, -0.15) is 0 Å². The summed E-state index contributed by atoms with van der Waals surface area (Å²) < 4.78 is 19.5. The first-order valence-corrected chi connectivity index (χ1v) is 10.7. The fourth-order valence-corrected chi connectivity index (χ4v) is 4.67. The number of carbonyl (C=O) groups is 1. The van der Waals surface area contributed by atoms with E-state index in [1.54, 1.807) is 12.1 Å². The summed E-state index contributed by atoms with van der Waals surface area (Å²) in [6, 6.07) is 6.05. The number of benzene rings is 1. The molecule has 2 heterocycles. The van der Waals surface area contributed by atoms with Crippen LogP contribution in [0.25, 0.3) is 0 Å². The molecular formula is C24H25FN4O2. The zero-order valence-corrected chi connectivity index (χ0v) is 17.5. The fourth-order valence-electron chi connectivity index (χ4n) is 4.67. The maximum atomic E-state index is 13.5. The number of nitrogens with one attached hydrogen (secondary N) is 2. The monoisotopic (exact) mass is 420 g/mol. The maximum absolute atomic E-state index is 13.5. The first-order valence-electron chi connectivity index (χ1n) is 10.7. The molecule has 1 aromatic rings. The Kier molecular flexibility index (Phi) is 4.76. The van der Waals surface area contributed by atoms with E-state index in [2.05, 4.69) is 17.2 Å². The summed E-state index contributed by atoms with van der Waals surface area (Å²) >= 11 is 0. The predicted molar refractivity (Wildman–Crippen MR) is 117 cm³/mol. The van der Waals surface area contributed by atoms with Crippen LogP contribution in [-0.2, 0) is 9.53 Å². The lowest BCUT2D eigenvalue weighted by molar-refractivity contribution is -0.115. The third kappa shape index (κ3) is 3.38. The molecule has 1 aromatic carbocycles. The number of aliphatic imine (C=N–C) groups is 2. The van der Waals surface area contributed by atoms with Crippen LogP contribution in [-0.4, -0.2) is 23.3 Å². The molecular weight excluding hydrogens is 395 g/mol. The summed E-state index contributed by atoms with van der Waals surface area (Å²) in [6.07, 6.45) is 7.75. The molecule has 31 heavy (non-hydrogen) atoms. The molecule has 0 bridgehead atoms. The van der Waals surface area contributed by atoms with Gasteiger partial charge in [0.15, 0.2) is 5.78 Å². The highest BCUT2D eigenvalue weighted by molar-refractivity contribution is 6.03. The standard InChI is InChI=1S/C24H25FN4O2/c1-3-15-13-24(15)19(4-2)31-23(29-24)28-22-26-17-7-5-6-8-18(30)20(17)21(27-22)14-9-11-16(25)12-10-14/h3-4,9-12,15,21H,1,5-8,13H2,2H3,(H2,26,27,28,29)/b19-4+. The van der Waals surface area contributed by atoms with E-state index in [1.165, 1.54) is 12.1 Å². The lowest BCUT2D eigenvalue weighted by Gasteiger charge is -2.27. The van der Waals surface area contributed by atoms with Crippen LogP contribution in [0.1, 0.15) is 50.6 Å². The Morgan fingerprint density at radius 2 is 2.06 bits per heavy atom. The molecule has 0 saturated heterocycles. The minimum Gasteiger partial charge on any atom is -0.428 e. The molecule has 1 saturated carbocycles. The zero-order valence-electron chi connectivity index (χ0n) is 17.5. The van der Waals surface area contributed by atoms with Crippen molar-refractivity contribution >= 4 is 17.8 Å².